The van der Waals surface area contributed by atoms with Gasteiger partial charge in [0.2, 0.25) is 0 Å². The van der Waals surface area contributed by atoms with E-state index in [2.05, 4.69) is 15.6 Å². The van der Waals surface area contributed by atoms with Gasteiger partial charge in [-0.3, -0.25) is 4.99 Å². The summed E-state index contributed by atoms with van der Waals surface area (Å²) in [6.45, 7) is 9.83. The van der Waals surface area contributed by atoms with Gasteiger partial charge in [0.05, 0.1) is 24.8 Å². The van der Waals surface area contributed by atoms with Crippen LogP contribution in [0, 0.1) is 11.7 Å². The zero-order valence-corrected chi connectivity index (χ0v) is 19.3. The second kappa shape index (κ2) is 11.0. The maximum Gasteiger partial charge on any atom is 0.191 e. The van der Waals surface area contributed by atoms with E-state index >= 15 is 0 Å². The molecule has 0 aliphatic heterocycles. The van der Waals surface area contributed by atoms with Gasteiger partial charge in [0.15, 0.2) is 17.5 Å². The second-order valence-electron chi connectivity index (χ2n) is 7.47. The van der Waals surface area contributed by atoms with E-state index in [0.29, 0.717) is 30.8 Å². The van der Waals surface area contributed by atoms with E-state index in [1.54, 1.807) is 13.2 Å². The van der Waals surface area contributed by atoms with E-state index in [1.807, 2.05) is 33.8 Å². The molecule has 1 saturated carbocycles. The molecule has 0 aromatic heterocycles. The zero-order chi connectivity index (χ0) is 19.2. The van der Waals surface area contributed by atoms with E-state index < -0.39 is 0 Å². The summed E-state index contributed by atoms with van der Waals surface area (Å²) in [6.07, 6.45) is 2.38. The Kier molecular flexibility index (Phi) is 9.80. The number of hydrogen-bond donors (Lipinski definition) is 2. The Labute approximate surface area is 179 Å². The third-order valence-electron chi connectivity index (χ3n) is 4.50. The lowest BCUT2D eigenvalue weighted by molar-refractivity contribution is 0.0310. The first kappa shape index (κ1) is 23.9. The molecule has 27 heavy (non-hydrogen) atoms. The molecule has 0 amide bonds. The summed E-state index contributed by atoms with van der Waals surface area (Å²) in [6, 6.07) is 5.04. The minimum absolute atomic E-state index is 0. The first-order valence-electron chi connectivity index (χ1n) is 9.37. The normalized spacial score (nSPS) is 15.7. The Hall–Kier alpha value is -1.09. The van der Waals surface area contributed by atoms with Gasteiger partial charge in [-0.1, -0.05) is 6.07 Å². The predicted molar refractivity (Wildman–Crippen MR) is 119 cm³/mol. The number of hydrogen-bond acceptors (Lipinski definition) is 3. The van der Waals surface area contributed by atoms with E-state index in [-0.39, 0.29) is 41.4 Å². The lowest BCUT2D eigenvalue weighted by Crippen LogP contribution is -2.40. The third-order valence-corrected chi connectivity index (χ3v) is 4.50. The Morgan fingerprint density at radius 1 is 1.37 bits per heavy atom. The molecule has 2 N–H and O–H groups in total. The van der Waals surface area contributed by atoms with Crippen LogP contribution < -0.4 is 15.4 Å². The van der Waals surface area contributed by atoms with Crippen molar-refractivity contribution < 1.29 is 13.9 Å². The summed E-state index contributed by atoms with van der Waals surface area (Å²) >= 11 is 0. The fourth-order valence-electron chi connectivity index (χ4n) is 2.34. The van der Waals surface area contributed by atoms with Gasteiger partial charge in [-0.15, -0.1) is 24.0 Å². The van der Waals surface area contributed by atoms with Crippen molar-refractivity contribution in [3.05, 3.63) is 29.6 Å². The smallest absolute Gasteiger partial charge is 0.191 e. The lowest BCUT2D eigenvalue weighted by Gasteiger charge is -2.23. The Morgan fingerprint density at radius 3 is 2.63 bits per heavy atom. The molecular weight excluding hydrogens is 460 g/mol. The highest BCUT2D eigenvalue weighted by Gasteiger charge is 2.22. The van der Waals surface area contributed by atoms with Crippen LogP contribution in [0.4, 0.5) is 4.39 Å². The van der Waals surface area contributed by atoms with Crippen LogP contribution >= 0.6 is 24.0 Å². The maximum absolute atomic E-state index is 14.3. The van der Waals surface area contributed by atoms with Crippen molar-refractivity contribution in [1.82, 2.24) is 10.6 Å². The summed E-state index contributed by atoms with van der Waals surface area (Å²) in [7, 11) is 1.67. The summed E-state index contributed by atoms with van der Waals surface area (Å²) in [4.78, 5) is 4.57. The van der Waals surface area contributed by atoms with Crippen molar-refractivity contribution in [3.8, 4) is 5.75 Å². The number of nitrogens with one attached hydrogen (secondary N) is 2. The number of benzene rings is 1. The van der Waals surface area contributed by atoms with E-state index in [4.69, 9.17) is 9.47 Å². The van der Waals surface area contributed by atoms with Crippen LogP contribution in [0.1, 0.15) is 52.1 Å². The van der Waals surface area contributed by atoms with Gasteiger partial charge in [0.1, 0.15) is 0 Å². The molecule has 0 saturated heterocycles. The van der Waals surface area contributed by atoms with Crippen molar-refractivity contribution in [2.75, 3.05) is 26.8 Å². The van der Waals surface area contributed by atoms with Crippen molar-refractivity contribution in [2.24, 2.45) is 10.9 Å². The van der Waals surface area contributed by atoms with Crippen LogP contribution in [-0.4, -0.2) is 38.4 Å². The highest BCUT2D eigenvalue weighted by molar-refractivity contribution is 14.0. The molecule has 1 atom stereocenters. The van der Waals surface area contributed by atoms with Gasteiger partial charge in [-0.25, -0.2) is 4.39 Å². The van der Waals surface area contributed by atoms with Crippen LogP contribution in [-0.2, 0) is 4.74 Å². The standard InChI is InChI=1S/C20H32FN3O2.HI/c1-6-22-19(23-13-20(3,4)25-5)24-14(2)16-9-10-18(17(21)11-16)26-12-15-7-8-15;/h9-11,14-15H,6-8,12-13H2,1-5H3,(H2,22,23,24);1H. The Bertz CT molecular complexity index is 621. The maximum atomic E-state index is 14.3. The van der Waals surface area contributed by atoms with Gasteiger partial charge in [0.25, 0.3) is 0 Å². The first-order chi connectivity index (χ1) is 12.3. The Morgan fingerprint density at radius 2 is 2.07 bits per heavy atom. The zero-order valence-electron chi connectivity index (χ0n) is 17.0. The van der Waals surface area contributed by atoms with Gasteiger partial charge < -0.3 is 20.1 Å². The van der Waals surface area contributed by atoms with Crippen LogP contribution in [0.15, 0.2) is 23.2 Å². The number of methoxy groups -OCH3 is 1. The fourth-order valence-corrected chi connectivity index (χ4v) is 2.34. The summed E-state index contributed by atoms with van der Waals surface area (Å²) in [5, 5.41) is 6.52. The highest BCUT2D eigenvalue weighted by atomic mass is 127. The van der Waals surface area contributed by atoms with Gasteiger partial charge >= 0.3 is 0 Å². The average Bonchev–Trinajstić information content (AvgIpc) is 3.43. The topological polar surface area (TPSA) is 54.9 Å². The molecule has 154 valence electrons. The van der Waals surface area contributed by atoms with Crippen LogP contribution in [0.5, 0.6) is 5.75 Å². The van der Waals surface area contributed by atoms with Crippen LogP contribution in [0.2, 0.25) is 0 Å². The van der Waals surface area contributed by atoms with E-state index in [1.165, 1.54) is 18.9 Å². The molecule has 1 aromatic carbocycles. The van der Waals surface area contributed by atoms with Gasteiger partial charge in [-0.2, -0.15) is 0 Å². The molecule has 1 fully saturated rings. The second-order valence-corrected chi connectivity index (χ2v) is 7.47. The molecule has 1 aliphatic carbocycles. The number of halogens is 2. The van der Waals surface area contributed by atoms with Crippen molar-refractivity contribution >= 4 is 29.9 Å². The lowest BCUT2D eigenvalue weighted by atomic mass is 10.1. The summed E-state index contributed by atoms with van der Waals surface area (Å²) in [5.74, 6) is 1.29. The van der Waals surface area contributed by atoms with Gasteiger partial charge in [0, 0.05) is 13.7 Å². The van der Waals surface area contributed by atoms with E-state index in [9.17, 15) is 4.39 Å². The minimum Gasteiger partial charge on any atom is -0.490 e. The molecular formula is C20H33FIN3O2. The number of ether oxygens (including phenoxy) is 2. The van der Waals surface area contributed by atoms with Crippen molar-refractivity contribution in [1.29, 1.82) is 0 Å². The molecule has 1 aromatic rings. The molecule has 1 aliphatic rings. The third kappa shape index (κ3) is 8.21. The minimum atomic E-state index is -0.335. The number of guanidine groups is 1. The monoisotopic (exact) mass is 493 g/mol. The van der Waals surface area contributed by atoms with Crippen molar-refractivity contribution in [2.45, 2.75) is 52.2 Å². The quantitative estimate of drug-likeness (QED) is 0.307. The largest absolute Gasteiger partial charge is 0.490 e. The summed E-state index contributed by atoms with van der Waals surface area (Å²) < 4.78 is 25.3. The molecule has 5 nitrogen and oxygen atoms in total. The molecule has 0 spiro atoms. The molecule has 0 bridgehead atoms. The molecule has 2 rings (SSSR count). The molecule has 0 heterocycles. The Balaban J connectivity index is 0.00000364. The fraction of sp³-hybridized carbons (Fsp3) is 0.650. The number of aliphatic imine (C=N–C) groups is 1. The molecule has 1 unspecified atom stereocenters. The van der Waals surface area contributed by atoms with Gasteiger partial charge in [-0.05, 0) is 64.2 Å². The predicted octanol–water partition coefficient (Wildman–Crippen LogP) is 4.27. The van der Waals surface area contributed by atoms with Crippen molar-refractivity contribution in [3.63, 3.8) is 0 Å². The summed E-state index contributed by atoms with van der Waals surface area (Å²) in [5.41, 5.74) is 0.510. The first-order valence-corrected chi connectivity index (χ1v) is 9.37. The SMILES string of the molecule is CCNC(=NCC(C)(C)OC)NC(C)c1ccc(OCC2CC2)c(F)c1.I. The number of nitrogens with zero attached hydrogens (tertiary/aromatic N) is 1. The number of rotatable bonds is 9. The highest BCUT2D eigenvalue weighted by Crippen LogP contribution is 2.30. The molecule has 7 heteroatoms. The average molecular weight is 493 g/mol. The molecule has 0 radical (unpaired) electrons. The van der Waals surface area contributed by atoms with Crippen LogP contribution in [0.25, 0.3) is 0 Å². The van der Waals surface area contributed by atoms with Crippen LogP contribution in [0.3, 0.4) is 0 Å². The van der Waals surface area contributed by atoms with E-state index in [0.717, 1.165) is 12.1 Å².